The van der Waals surface area contributed by atoms with Crippen LogP contribution < -0.4 is 10.6 Å². The first-order chi connectivity index (χ1) is 10.2. The van der Waals surface area contributed by atoms with Crippen LogP contribution in [0.4, 0.5) is 4.39 Å². The van der Waals surface area contributed by atoms with Gasteiger partial charge in [-0.2, -0.15) is 11.8 Å². The van der Waals surface area contributed by atoms with Gasteiger partial charge >= 0.3 is 0 Å². The Balaban J connectivity index is 1.94. The van der Waals surface area contributed by atoms with E-state index in [9.17, 15) is 4.39 Å². The highest BCUT2D eigenvalue weighted by atomic mass is 79.9. The number of rotatable bonds is 5. The summed E-state index contributed by atoms with van der Waals surface area (Å²) in [6.07, 6.45) is 2.56. The van der Waals surface area contributed by atoms with Crippen LogP contribution in [0, 0.1) is 5.82 Å². The maximum atomic E-state index is 13.7. The molecule has 0 aromatic heterocycles. The molecule has 1 heterocycles. The third-order valence-corrected chi connectivity index (χ3v) is 5.17. The van der Waals surface area contributed by atoms with Crippen molar-refractivity contribution in [2.45, 2.75) is 31.6 Å². The third-order valence-electron chi connectivity index (χ3n) is 3.28. The highest BCUT2D eigenvalue weighted by molar-refractivity contribution is 9.10. The molecule has 0 radical (unpaired) electrons. The molecule has 0 amide bonds. The smallest absolute Gasteiger partial charge is 0.191 e. The zero-order valence-electron chi connectivity index (χ0n) is 12.2. The molecular weight excluding hydrogens is 353 g/mol. The fourth-order valence-corrected chi connectivity index (χ4v) is 3.80. The van der Waals surface area contributed by atoms with Crippen molar-refractivity contribution >= 4 is 33.7 Å². The van der Waals surface area contributed by atoms with Crippen molar-refractivity contribution in [2.75, 3.05) is 18.8 Å². The van der Waals surface area contributed by atoms with Crippen molar-refractivity contribution in [3.05, 3.63) is 34.1 Å². The Morgan fingerprint density at radius 2 is 2.33 bits per heavy atom. The summed E-state index contributed by atoms with van der Waals surface area (Å²) >= 11 is 5.37. The predicted molar refractivity (Wildman–Crippen MR) is 92.4 cm³/mol. The molecule has 1 aliphatic heterocycles. The minimum atomic E-state index is -0.218. The number of aliphatic imine (C=N–C) groups is 1. The van der Waals surface area contributed by atoms with Gasteiger partial charge in [-0.1, -0.05) is 15.9 Å². The summed E-state index contributed by atoms with van der Waals surface area (Å²) in [6, 6.07) is 4.93. The lowest BCUT2D eigenvalue weighted by molar-refractivity contribution is 0.609. The van der Waals surface area contributed by atoms with Crippen molar-refractivity contribution in [2.24, 2.45) is 4.99 Å². The van der Waals surface area contributed by atoms with Gasteiger partial charge in [-0.3, -0.25) is 0 Å². The molecule has 1 aromatic rings. The Morgan fingerprint density at radius 1 is 1.48 bits per heavy atom. The fourth-order valence-electron chi connectivity index (χ4n) is 2.19. The van der Waals surface area contributed by atoms with Gasteiger partial charge in [0.25, 0.3) is 0 Å². The highest BCUT2D eigenvalue weighted by Crippen LogP contribution is 2.25. The highest BCUT2D eigenvalue weighted by Gasteiger charge is 2.15. The van der Waals surface area contributed by atoms with E-state index >= 15 is 0 Å². The lowest BCUT2D eigenvalue weighted by Crippen LogP contribution is -2.40. The van der Waals surface area contributed by atoms with Crippen LogP contribution in [0.25, 0.3) is 0 Å². The second-order valence-corrected chi connectivity index (χ2v) is 7.27. The molecule has 6 heteroatoms. The predicted octanol–water partition coefficient (Wildman–Crippen LogP) is 3.54. The molecule has 2 N–H and O–H groups in total. The molecule has 1 atom stereocenters. The molecule has 2 rings (SSSR count). The van der Waals surface area contributed by atoms with Crippen LogP contribution >= 0.6 is 27.7 Å². The first-order valence-electron chi connectivity index (χ1n) is 7.26. The minimum absolute atomic E-state index is 0.218. The van der Waals surface area contributed by atoms with Crippen LogP contribution in [0.5, 0.6) is 0 Å². The molecule has 1 saturated heterocycles. The van der Waals surface area contributed by atoms with Crippen molar-refractivity contribution in [3.8, 4) is 0 Å². The Kier molecular flexibility index (Phi) is 6.83. The molecule has 1 aliphatic rings. The van der Waals surface area contributed by atoms with Gasteiger partial charge in [-0.05, 0) is 43.7 Å². The Hall–Kier alpha value is -0.750. The van der Waals surface area contributed by atoms with E-state index in [1.807, 2.05) is 18.7 Å². The summed E-state index contributed by atoms with van der Waals surface area (Å²) in [5.41, 5.74) is 0.594. The van der Waals surface area contributed by atoms with E-state index < -0.39 is 0 Å². The Bertz CT molecular complexity index is 490. The average Bonchev–Trinajstić information content (AvgIpc) is 2.98. The van der Waals surface area contributed by atoms with Crippen LogP contribution in [0.2, 0.25) is 0 Å². The summed E-state index contributed by atoms with van der Waals surface area (Å²) in [5.74, 6) is 1.79. The molecule has 0 saturated carbocycles. The van der Waals surface area contributed by atoms with Crippen molar-refractivity contribution in [1.29, 1.82) is 0 Å². The van der Waals surface area contributed by atoms with Crippen LogP contribution in [0.15, 0.2) is 27.7 Å². The van der Waals surface area contributed by atoms with Crippen LogP contribution in [0.1, 0.15) is 25.3 Å². The molecule has 3 nitrogen and oxygen atoms in total. The summed E-state index contributed by atoms with van der Waals surface area (Å²) < 4.78 is 14.6. The van der Waals surface area contributed by atoms with Gasteiger partial charge in [0, 0.05) is 28.4 Å². The second-order valence-electron chi connectivity index (χ2n) is 4.95. The maximum absolute atomic E-state index is 13.7. The molecule has 1 unspecified atom stereocenters. The summed E-state index contributed by atoms with van der Waals surface area (Å²) in [7, 11) is 0. The molecular formula is C15H21BrFN3S. The van der Waals surface area contributed by atoms with Gasteiger partial charge in [0.15, 0.2) is 5.96 Å². The van der Waals surface area contributed by atoms with Crippen molar-refractivity contribution in [3.63, 3.8) is 0 Å². The van der Waals surface area contributed by atoms with Gasteiger partial charge in [0.2, 0.25) is 0 Å². The number of benzene rings is 1. The second kappa shape index (κ2) is 8.63. The average molecular weight is 374 g/mol. The van der Waals surface area contributed by atoms with Gasteiger partial charge in [-0.15, -0.1) is 0 Å². The molecule has 0 aliphatic carbocycles. The number of nitrogens with zero attached hydrogens (tertiary/aromatic N) is 1. The minimum Gasteiger partial charge on any atom is -0.357 e. The van der Waals surface area contributed by atoms with E-state index in [2.05, 4.69) is 31.6 Å². The van der Waals surface area contributed by atoms with E-state index in [0.717, 1.165) is 23.5 Å². The third kappa shape index (κ3) is 5.51. The van der Waals surface area contributed by atoms with E-state index in [1.165, 1.54) is 24.7 Å². The fraction of sp³-hybridized carbons (Fsp3) is 0.533. The molecule has 0 bridgehead atoms. The molecule has 1 aromatic carbocycles. The van der Waals surface area contributed by atoms with Gasteiger partial charge < -0.3 is 10.6 Å². The van der Waals surface area contributed by atoms with E-state index in [1.54, 1.807) is 12.1 Å². The topological polar surface area (TPSA) is 36.4 Å². The Labute approximate surface area is 138 Å². The number of hydrogen-bond donors (Lipinski definition) is 2. The maximum Gasteiger partial charge on any atom is 0.191 e. The largest absolute Gasteiger partial charge is 0.357 e. The van der Waals surface area contributed by atoms with E-state index in [-0.39, 0.29) is 5.82 Å². The monoisotopic (exact) mass is 373 g/mol. The van der Waals surface area contributed by atoms with Gasteiger partial charge in [0.1, 0.15) is 5.82 Å². The lowest BCUT2D eigenvalue weighted by atomic mass is 10.2. The normalized spacial score (nSPS) is 18.8. The standard InChI is InChI=1S/C15H21BrFN3S/c1-2-18-15(20-10-13-4-3-7-21-13)19-9-11-8-12(16)5-6-14(11)17/h5-6,8,13H,2-4,7,9-10H2,1H3,(H2,18,19,20). The molecule has 1 fully saturated rings. The number of guanidine groups is 1. The van der Waals surface area contributed by atoms with Crippen LogP contribution in [0.3, 0.4) is 0 Å². The first kappa shape index (κ1) is 16.6. The SMILES string of the molecule is CCNC(=NCc1cc(Br)ccc1F)NCC1CCCS1. The lowest BCUT2D eigenvalue weighted by Gasteiger charge is -2.14. The van der Waals surface area contributed by atoms with Crippen LogP contribution in [-0.4, -0.2) is 30.1 Å². The van der Waals surface area contributed by atoms with E-state index in [4.69, 9.17) is 0 Å². The van der Waals surface area contributed by atoms with Crippen molar-refractivity contribution in [1.82, 2.24) is 10.6 Å². The number of hydrogen-bond acceptors (Lipinski definition) is 2. The number of halogens is 2. The zero-order valence-corrected chi connectivity index (χ0v) is 14.6. The van der Waals surface area contributed by atoms with Gasteiger partial charge in [0.05, 0.1) is 6.54 Å². The van der Waals surface area contributed by atoms with Crippen LogP contribution in [-0.2, 0) is 6.54 Å². The zero-order chi connectivity index (χ0) is 15.1. The first-order valence-corrected chi connectivity index (χ1v) is 9.11. The van der Waals surface area contributed by atoms with E-state index in [0.29, 0.717) is 17.4 Å². The quantitative estimate of drug-likeness (QED) is 0.612. The van der Waals surface area contributed by atoms with Gasteiger partial charge in [-0.25, -0.2) is 9.38 Å². The molecule has 0 spiro atoms. The summed E-state index contributed by atoms with van der Waals surface area (Å²) in [6.45, 7) is 4.07. The summed E-state index contributed by atoms with van der Waals surface area (Å²) in [4.78, 5) is 4.47. The summed E-state index contributed by atoms with van der Waals surface area (Å²) in [5, 5.41) is 7.22. The van der Waals surface area contributed by atoms with Crippen molar-refractivity contribution < 1.29 is 4.39 Å². The Morgan fingerprint density at radius 3 is 3.05 bits per heavy atom. The molecule has 21 heavy (non-hydrogen) atoms. The number of thioether (sulfide) groups is 1. The number of nitrogens with one attached hydrogen (secondary N) is 2. The molecule has 116 valence electrons.